The summed E-state index contributed by atoms with van der Waals surface area (Å²) in [6.45, 7) is 4.50. The van der Waals surface area contributed by atoms with Crippen LogP contribution in [0.25, 0.3) is 0 Å². The van der Waals surface area contributed by atoms with Crippen molar-refractivity contribution in [2.24, 2.45) is 0 Å². The lowest BCUT2D eigenvalue weighted by atomic mass is 10.00. The molecule has 1 saturated heterocycles. The Morgan fingerprint density at radius 1 is 1.33 bits per heavy atom. The number of carbonyl (C=O) groups is 1. The first-order chi connectivity index (χ1) is 11.8. The number of hydrogen-bond donors (Lipinski definition) is 1. The number of hydrogen-bond acceptors (Lipinski definition) is 4. The molecule has 2 aromatic rings. The molecule has 0 aliphatic carbocycles. The van der Waals surface area contributed by atoms with Crippen LogP contribution in [0, 0.1) is 0 Å². The van der Waals surface area contributed by atoms with E-state index in [1.165, 1.54) is 6.42 Å². The summed E-state index contributed by atoms with van der Waals surface area (Å²) >= 11 is 0. The van der Waals surface area contributed by atoms with Crippen molar-refractivity contribution in [3.05, 3.63) is 24.7 Å². The van der Waals surface area contributed by atoms with Crippen molar-refractivity contribution in [3.8, 4) is 0 Å². The van der Waals surface area contributed by atoms with Crippen molar-refractivity contribution in [1.29, 1.82) is 0 Å². The van der Waals surface area contributed by atoms with E-state index in [2.05, 4.69) is 27.7 Å². The lowest BCUT2D eigenvalue weighted by Gasteiger charge is -2.35. The Morgan fingerprint density at radius 2 is 2.25 bits per heavy atom. The largest absolute Gasteiger partial charge is 0.323 e. The van der Waals surface area contributed by atoms with Gasteiger partial charge in [-0.1, -0.05) is 12.1 Å². The second-order valence-electron chi connectivity index (χ2n) is 6.20. The highest BCUT2D eigenvalue weighted by Gasteiger charge is 2.27. The van der Waals surface area contributed by atoms with Crippen LogP contribution in [0.3, 0.4) is 0 Å². The van der Waals surface area contributed by atoms with E-state index in [-0.39, 0.29) is 12.1 Å². The highest BCUT2D eigenvalue weighted by atomic mass is 16.2. The molecule has 0 saturated carbocycles. The van der Waals surface area contributed by atoms with Crippen LogP contribution in [0.5, 0.6) is 0 Å². The van der Waals surface area contributed by atoms with Crippen molar-refractivity contribution in [2.75, 3.05) is 11.9 Å². The highest BCUT2D eigenvalue weighted by Crippen LogP contribution is 2.21. The Kier molecular flexibility index (Phi) is 5.45. The fourth-order valence-electron chi connectivity index (χ4n) is 3.16. The summed E-state index contributed by atoms with van der Waals surface area (Å²) in [6, 6.07) is 2.09. The first kappa shape index (κ1) is 16.5. The number of nitrogens with zero attached hydrogens (tertiary/aromatic N) is 6. The van der Waals surface area contributed by atoms with E-state index in [1.807, 2.05) is 21.8 Å². The molecule has 1 fully saturated rings. The topological polar surface area (TPSA) is 80.9 Å². The van der Waals surface area contributed by atoms with Gasteiger partial charge in [-0.15, -0.1) is 5.10 Å². The van der Waals surface area contributed by atoms with Crippen LogP contribution in [-0.2, 0) is 13.1 Å². The molecule has 0 aromatic carbocycles. The maximum atomic E-state index is 12.6. The van der Waals surface area contributed by atoms with Gasteiger partial charge in [0.05, 0.1) is 6.20 Å². The fourth-order valence-corrected chi connectivity index (χ4v) is 3.16. The second kappa shape index (κ2) is 7.94. The molecule has 0 radical (unpaired) electrons. The van der Waals surface area contributed by atoms with Gasteiger partial charge in [0, 0.05) is 38.1 Å². The summed E-state index contributed by atoms with van der Waals surface area (Å²) in [5.74, 6) is 0.518. The third-order valence-corrected chi connectivity index (χ3v) is 4.36. The summed E-state index contributed by atoms with van der Waals surface area (Å²) in [6.07, 6.45) is 10.7. The highest BCUT2D eigenvalue weighted by molar-refractivity contribution is 5.88. The van der Waals surface area contributed by atoms with Gasteiger partial charge >= 0.3 is 6.03 Å². The Hall–Kier alpha value is -2.38. The van der Waals surface area contributed by atoms with E-state index < -0.39 is 0 Å². The Morgan fingerprint density at radius 3 is 3.04 bits per heavy atom. The van der Waals surface area contributed by atoms with E-state index in [0.29, 0.717) is 5.82 Å². The van der Waals surface area contributed by atoms with Crippen LogP contribution in [0.4, 0.5) is 10.6 Å². The number of aromatic nitrogens is 5. The minimum absolute atomic E-state index is 0.0799. The minimum atomic E-state index is -0.0799. The molecular weight excluding hydrogens is 306 g/mol. The molecule has 130 valence electrons. The van der Waals surface area contributed by atoms with Gasteiger partial charge < -0.3 is 4.90 Å². The standard InChI is InChI=1S/C16H25N7O/c1-2-9-22-13-15(19-20-22)18-16(24)23-11-4-3-6-14(23)7-12-21-10-5-8-17-21/h5,8,10,13-14H,2-4,6-7,9,11-12H2,1H3,(H,18,24)/t14-/m0/s1. The number of piperidine rings is 1. The molecule has 0 spiro atoms. The average Bonchev–Trinajstić information content (AvgIpc) is 3.25. The number of nitrogens with one attached hydrogen (secondary N) is 1. The van der Waals surface area contributed by atoms with Gasteiger partial charge in [-0.25, -0.2) is 4.79 Å². The quantitative estimate of drug-likeness (QED) is 0.881. The first-order valence-corrected chi connectivity index (χ1v) is 8.71. The SMILES string of the molecule is CCCn1cc(NC(=O)N2CCCC[C@H]2CCn2cccn2)nn1. The molecule has 8 nitrogen and oxygen atoms in total. The number of carbonyl (C=O) groups excluding carboxylic acids is 1. The molecule has 0 bridgehead atoms. The molecule has 1 aliphatic rings. The van der Waals surface area contributed by atoms with E-state index in [9.17, 15) is 4.79 Å². The zero-order valence-corrected chi connectivity index (χ0v) is 14.1. The van der Waals surface area contributed by atoms with E-state index in [1.54, 1.807) is 17.1 Å². The lowest BCUT2D eigenvalue weighted by Crippen LogP contribution is -2.46. The smallest absolute Gasteiger partial charge is 0.321 e. The molecule has 2 aromatic heterocycles. The normalized spacial score (nSPS) is 17.9. The number of aryl methyl sites for hydroxylation is 2. The number of amides is 2. The molecule has 1 atom stereocenters. The van der Waals surface area contributed by atoms with Gasteiger partial charge in [-0.3, -0.25) is 14.7 Å². The zero-order chi connectivity index (χ0) is 16.8. The van der Waals surface area contributed by atoms with Crippen molar-refractivity contribution in [2.45, 2.75) is 58.2 Å². The molecule has 1 aliphatic heterocycles. The predicted octanol–water partition coefficient (Wildman–Crippen LogP) is 2.36. The molecule has 1 N–H and O–H groups in total. The molecule has 24 heavy (non-hydrogen) atoms. The van der Waals surface area contributed by atoms with Gasteiger partial charge in [0.25, 0.3) is 0 Å². The van der Waals surface area contributed by atoms with Crippen LogP contribution in [0.15, 0.2) is 24.7 Å². The third-order valence-electron chi connectivity index (χ3n) is 4.36. The number of anilines is 1. The molecule has 2 amide bonds. The maximum absolute atomic E-state index is 12.6. The first-order valence-electron chi connectivity index (χ1n) is 8.71. The lowest BCUT2D eigenvalue weighted by molar-refractivity contribution is 0.154. The maximum Gasteiger partial charge on any atom is 0.323 e. The van der Waals surface area contributed by atoms with Gasteiger partial charge in [0.1, 0.15) is 0 Å². The molecular formula is C16H25N7O. The van der Waals surface area contributed by atoms with Gasteiger partial charge in [0.2, 0.25) is 0 Å². The average molecular weight is 331 g/mol. The van der Waals surface area contributed by atoms with Crippen LogP contribution >= 0.6 is 0 Å². The fraction of sp³-hybridized carbons (Fsp3) is 0.625. The van der Waals surface area contributed by atoms with Gasteiger partial charge in [0.15, 0.2) is 5.82 Å². The van der Waals surface area contributed by atoms with Crippen molar-refractivity contribution >= 4 is 11.8 Å². The molecule has 0 unspecified atom stereocenters. The van der Waals surface area contributed by atoms with Crippen LogP contribution < -0.4 is 5.32 Å². The second-order valence-corrected chi connectivity index (χ2v) is 6.20. The number of rotatable bonds is 6. The van der Waals surface area contributed by atoms with E-state index in [0.717, 1.165) is 45.3 Å². The monoisotopic (exact) mass is 331 g/mol. The number of likely N-dealkylation sites (tertiary alicyclic amines) is 1. The van der Waals surface area contributed by atoms with Gasteiger partial charge in [-0.2, -0.15) is 5.10 Å². The van der Waals surface area contributed by atoms with Crippen molar-refractivity contribution < 1.29 is 4.79 Å². The summed E-state index contributed by atoms with van der Waals surface area (Å²) < 4.78 is 3.67. The molecule has 3 rings (SSSR count). The summed E-state index contributed by atoms with van der Waals surface area (Å²) in [7, 11) is 0. The predicted molar refractivity (Wildman–Crippen MR) is 90.5 cm³/mol. The minimum Gasteiger partial charge on any atom is -0.321 e. The van der Waals surface area contributed by atoms with Crippen molar-refractivity contribution in [3.63, 3.8) is 0 Å². The summed E-state index contributed by atoms with van der Waals surface area (Å²) in [4.78, 5) is 14.6. The summed E-state index contributed by atoms with van der Waals surface area (Å²) in [5, 5.41) is 15.2. The zero-order valence-electron chi connectivity index (χ0n) is 14.1. The van der Waals surface area contributed by atoms with E-state index in [4.69, 9.17) is 0 Å². The van der Waals surface area contributed by atoms with Crippen LogP contribution in [0.1, 0.15) is 39.0 Å². The Labute approximate surface area is 141 Å². The van der Waals surface area contributed by atoms with Gasteiger partial charge in [-0.05, 0) is 38.2 Å². The van der Waals surface area contributed by atoms with Crippen LogP contribution in [-0.4, -0.2) is 48.3 Å². The van der Waals surface area contributed by atoms with Crippen LogP contribution in [0.2, 0.25) is 0 Å². The van der Waals surface area contributed by atoms with E-state index >= 15 is 0 Å². The number of urea groups is 1. The third kappa shape index (κ3) is 4.12. The Bertz CT molecular complexity index is 637. The summed E-state index contributed by atoms with van der Waals surface area (Å²) in [5.41, 5.74) is 0. The Balaban J connectivity index is 1.57. The molecule has 8 heteroatoms. The van der Waals surface area contributed by atoms with Crippen molar-refractivity contribution in [1.82, 2.24) is 29.7 Å². The molecule has 3 heterocycles.